The molecule has 1 saturated carbocycles. The van der Waals surface area contributed by atoms with Crippen LogP contribution >= 0.6 is 23.6 Å². The topological polar surface area (TPSA) is 104 Å². The fourth-order valence-corrected chi connectivity index (χ4v) is 4.61. The normalized spacial score (nSPS) is 14.9. The highest BCUT2D eigenvalue weighted by Gasteiger charge is 2.23. The third-order valence-electron chi connectivity index (χ3n) is 4.62. The Bertz CT molecular complexity index is 1110. The lowest BCUT2D eigenvalue weighted by molar-refractivity contribution is 0.0696. The van der Waals surface area contributed by atoms with E-state index in [1.807, 2.05) is 0 Å². The van der Waals surface area contributed by atoms with Gasteiger partial charge in [0.2, 0.25) is 5.88 Å². The van der Waals surface area contributed by atoms with E-state index in [1.165, 1.54) is 18.2 Å². The molecule has 3 N–H and O–H groups in total. The summed E-state index contributed by atoms with van der Waals surface area (Å²) in [4.78, 5) is 28.4. The second kappa shape index (κ2) is 6.33. The second-order valence-corrected chi connectivity index (χ2v) is 7.93. The molecule has 0 atom stereocenters. The number of aromatic nitrogens is 2. The van der Waals surface area contributed by atoms with Crippen LogP contribution < -0.4 is 5.32 Å². The summed E-state index contributed by atoms with van der Waals surface area (Å²) in [7, 11) is 0. The number of fused-ring (bicyclic) bond motifs is 3. The molecular formula is C17H15N3O4S2. The fraction of sp³-hybridized carbons (Fsp3) is 0.294. The Kier molecular flexibility index (Phi) is 4.12. The third-order valence-corrected chi connectivity index (χ3v) is 5.98. The minimum Gasteiger partial charge on any atom is -0.493 e. The van der Waals surface area contributed by atoms with Gasteiger partial charge in [-0.2, -0.15) is 4.98 Å². The second-order valence-electron chi connectivity index (χ2n) is 6.28. The smallest absolute Gasteiger partial charge is 0.335 e. The molecule has 7 nitrogen and oxygen atoms in total. The van der Waals surface area contributed by atoms with E-state index in [2.05, 4.69) is 10.3 Å². The molecule has 0 saturated heterocycles. The van der Waals surface area contributed by atoms with Crippen LogP contribution in [0.1, 0.15) is 45.7 Å². The first kappa shape index (κ1) is 16.9. The maximum atomic E-state index is 12.7. The first-order valence-electron chi connectivity index (χ1n) is 8.18. The largest absolute Gasteiger partial charge is 0.493 e. The molecule has 1 fully saturated rings. The van der Waals surface area contributed by atoms with Crippen molar-refractivity contribution in [1.82, 2.24) is 14.7 Å². The molecule has 4 rings (SSSR count). The zero-order valence-corrected chi connectivity index (χ0v) is 15.2. The summed E-state index contributed by atoms with van der Waals surface area (Å²) >= 11 is 6.49. The van der Waals surface area contributed by atoms with E-state index in [4.69, 9.17) is 12.2 Å². The van der Waals surface area contributed by atoms with E-state index in [1.54, 1.807) is 4.40 Å². The molecule has 1 amide bonds. The first-order valence-corrected chi connectivity index (χ1v) is 9.40. The SMILES string of the molecule is O=C(O)c1ccc2c(O)nc3c(C(=O)NC4CCCC4)sc(=S)n3c2c1. The lowest BCUT2D eigenvalue weighted by Gasteiger charge is -2.11. The van der Waals surface area contributed by atoms with Gasteiger partial charge in [0.15, 0.2) is 9.60 Å². The number of nitrogens with one attached hydrogen (secondary N) is 1. The molecule has 9 heteroatoms. The molecule has 0 radical (unpaired) electrons. The van der Waals surface area contributed by atoms with Crippen LogP contribution in [0.4, 0.5) is 0 Å². The molecule has 1 aliphatic rings. The van der Waals surface area contributed by atoms with Gasteiger partial charge in [0, 0.05) is 6.04 Å². The average Bonchev–Trinajstić information content (AvgIpc) is 3.22. The highest BCUT2D eigenvalue weighted by atomic mass is 32.1. The number of aromatic carboxylic acids is 1. The maximum Gasteiger partial charge on any atom is 0.335 e. The summed E-state index contributed by atoms with van der Waals surface area (Å²) in [5.41, 5.74) is 0.714. The average molecular weight is 389 g/mol. The van der Waals surface area contributed by atoms with Gasteiger partial charge in [-0.05, 0) is 43.3 Å². The van der Waals surface area contributed by atoms with Crippen molar-refractivity contribution in [1.29, 1.82) is 0 Å². The summed E-state index contributed by atoms with van der Waals surface area (Å²) in [6, 6.07) is 4.44. The molecule has 26 heavy (non-hydrogen) atoms. The van der Waals surface area contributed by atoms with Gasteiger partial charge in [-0.25, -0.2) is 4.79 Å². The highest BCUT2D eigenvalue weighted by molar-refractivity contribution is 7.73. The summed E-state index contributed by atoms with van der Waals surface area (Å²) in [5.74, 6) is -1.62. The maximum absolute atomic E-state index is 12.7. The molecule has 0 spiro atoms. The molecular weight excluding hydrogens is 374 g/mol. The van der Waals surface area contributed by atoms with Crippen LogP contribution in [0.5, 0.6) is 5.88 Å². The molecule has 1 aromatic carbocycles. The van der Waals surface area contributed by atoms with Gasteiger partial charge >= 0.3 is 5.97 Å². The summed E-state index contributed by atoms with van der Waals surface area (Å²) in [5, 5.41) is 22.9. The lowest BCUT2D eigenvalue weighted by Crippen LogP contribution is -2.32. The number of carbonyl (C=O) groups excluding carboxylic acids is 1. The lowest BCUT2D eigenvalue weighted by atomic mass is 10.1. The Morgan fingerprint density at radius 2 is 2.04 bits per heavy atom. The van der Waals surface area contributed by atoms with Crippen molar-refractivity contribution in [2.75, 3.05) is 0 Å². The highest BCUT2D eigenvalue weighted by Crippen LogP contribution is 2.30. The molecule has 2 heterocycles. The number of benzene rings is 1. The molecule has 2 aromatic heterocycles. The van der Waals surface area contributed by atoms with Gasteiger partial charge in [-0.3, -0.25) is 9.20 Å². The van der Waals surface area contributed by atoms with Gasteiger partial charge in [0.25, 0.3) is 5.91 Å². The van der Waals surface area contributed by atoms with Crippen LogP contribution in [0, 0.1) is 3.95 Å². The van der Waals surface area contributed by atoms with Crippen LogP contribution in [0.25, 0.3) is 16.6 Å². The molecule has 0 aliphatic heterocycles. The van der Waals surface area contributed by atoms with Gasteiger partial charge in [-0.15, -0.1) is 0 Å². The van der Waals surface area contributed by atoms with Crippen molar-refractivity contribution in [2.24, 2.45) is 0 Å². The molecule has 134 valence electrons. The van der Waals surface area contributed by atoms with Crippen LogP contribution in [-0.4, -0.2) is 37.5 Å². The number of carbonyl (C=O) groups is 2. The molecule has 1 aliphatic carbocycles. The van der Waals surface area contributed by atoms with Crippen molar-refractivity contribution in [3.63, 3.8) is 0 Å². The Morgan fingerprint density at radius 1 is 1.31 bits per heavy atom. The van der Waals surface area contributed by atoms with Crippen LogP contribution in [0.3, 0.4) is 0 Å². The summed E-state index contributed by atoms with van der Waals surface area (Å²) in [6.45, 7) is 0. The standard InChI is InChI=1S/C17H15N3O4S2/c21-14-10-6-5-8(16(23)24)7-11(10)20-13(19-14)12(26-17(20)25)15(22)18-9-3-1-2-4-9/h5-7,9H,1-4H2,(H,18,22)(H,19,21)(H,23,24). The minimum atomic E-state index is -1.09. The number of carboxylic acid groups (broad SMARTS) is 1. The quantitative estimate of drug-likeness (QED) is 0.594. The zero-order chi connectivity index (χ0) is 18.4. The van der Waals surface area contributed by atoms with Crippen molar-refractivity contribution in [2.45, 2.75) is 31.7 Å². The molecule has 0 bridgehead atoms. The number of thiazole rings is 1. The van der Waals surface area contributed by atoms with E-state index in [9.17, 15) is 19.8 Å². The summed E-state index contributed by atoms with van der Waals surface area (Å²) < 4.78 is 1.92. The number of aromatic hydroxyl groups is 1. The predicted octanol–water partition coefficient (Wildman–Crippen LogP) is 3.35. The van der Waals surface area contributed by atoms with Gasteiger partial charge < -0.3 is 15.5 Å². The van der Waals surface area contributed by atoms with E-state index in [-0.39, 0.29) is 29.0 Å². The van der Waals surface area contributed by atoms with Crippen LogP contribution in [0.2, 0.25) is 0 Å². The monoisotopic (exact) mass is 389 g/mol. The first-order chi connectivity index (χ1) is 12.5. The number of nitrogens with zero attached hydrogens (tertiary/aromatic N) is 2. The third kappa shape index (κ3) is 2.73. The molecule has 3 aromatic rings. The predicted molar refractivity (Wildman–Crippen MR) is 99.8 cm³/mol. The number of rotatable bonds is 3. The van der Waals surface area contributed by atoms with Gasteiger partial charge in [-0.1, -0.05) is 24.2 Å². The van der Waals surface area contributed by atoms with E-state index in [0.29, 0.717) is 19.7 Å². The van der Waals surface area contributed by atoms with Crippen molar-refractivity contribution in [3.05, 3.63) is 32.6 Å². The van der Waals surface area contributed by atoms with Crippen molar-refractivity contribution < 1.29 is 19.8 Å². The number of carboxylic acids is 1. The Balaban J connectivity index is 1.91. The van der Waals surface area contributed by atoms with Crippen LogP contribution in [-0.2, 0) is 0 Å². The fourth-order valence-electron chi connectivity index (χ4n) is 3.35. The molecule has 0 unspecified atom stereocenters. The zero-order valence-electron chi connectivity index (χ0n) is 13.6. The Labute approximate surface area is 156 Å². The van der Waals surface area contributed by atoms with E-state index >= 15 is 0 Å². The van der Waals surface area contributed by atoms with Crippen LogP contribution in [0.15, 0.2) is 18.2 Å². The number of amides is 1. The number of hydrogen-bond acceptors (Lipinski definition) is 6. The Morgan fingerprint density at radius 3 is 2.73 bits per heavy atom. The summed E-state index contributed by atoms with van der Waals surface area (Å²) in [6.07, 6.45) is 4.09. The Hall–Kier alpha value is -2.52. The minimum absolute atomic E-state index is 0.0643. The van der Waals surface area contributed by atoms with Gasteiger partial charge in [0.05, 0.1) is 16.5 Å². The van der Waals surface area contributed by atoms with E-state index in [0.717, 1.165) is 37.0 Å². The number of hydrogen-bond donors (Lipinski definition) is 3. The van der Waals surface area contributed by atoms with E-state index < -0.39 is 5.97 Å². The van der Waals surface area contributed by atoms with Crippen molar-refractivity contribution in [3.8, 4) is 5.88 Å². The van der Waals surface area contributed by atoms with Gasteiger partial charge in [0.1, 0.15) is 4.88 Å². The van der Waals surface area contributed by atoms with Crippen molar-refractivity contribution >= 4 is 52.0 Å².